The van der Waals surface area contributed by atoms with Gasteiger partial charge in [-0.3, -0.25) is 4.40 Å². The fraction of sp³-hybridized carbons (Fsp3) is 0.545. The fourth-order valence-corrected chi connectivity index (χ4v) is 3.99. The lowest BCUT2D eigenvalue weighted by molar-refractivity contribution is 0.538. The first-order chi connectivity index (χ1) is 9.45. The number of anilines is 1. The largest absolute Gasteiger partial charge is 0.306 e. The summed E-state index contributed by atoms with van der Waals surface area (Å²) in [6.45, 7) is 4.62. The van der Waals surface area contributed by atoms with E-state index in [0.717, 1.165) is 12.8 Å². The Balaban J connectivity index is 2.20. The molecule has 0 saturated carbocycles. The summed E-state index contributed by atoms with van der Waals surface area (Å²) < 4.78 is 28.8. The number of rotatable bonds is 7. The molecule has 4 N–H and O–H groups in total. The number of nitrogen functional groups attached to an aromatic ring is 1. The lowest BCUT2D eigenvalue weighted by atomic mass is 10.1. The van der Waals surface area contributed by atoms with Gasteiger partial charge < -0.3 is 5.43 Å². The maximum absolute atomic E-state index is 12.4. The topological polar surface area (TPSA) is 102 Å². The lowest BCUT2D eigenvalue weighted by Gasteiger charge is -2.08. The molecule has 0 radical (unpaired) electrons. The summed E-state index contributed by atoms with van der Waals surface area (Å²) in [6, 6.07) is 0. The number of nitrogens with zero attached hydrogens (tertiary/aromatic N) is 2. The van der Waals surface area contributed by atoms with Gasteiger partial charge in [0.15, 0.2) is 10.8 Å². The van der Waals surface area contributed by atoms with Crippen LogP contribution >= 0.6 is 11.3 Å². The molecular weight excluding hydrogens is 298 g/mol. The lowest BCUT2D eigenvalue weighted by Crippen LogP contribution is -2.27. The zero-order valence-corrected chi connectivity index (χ0v) is 13.1. The van der Waals surface area contributed by atoms with Crippen LogP contribution < -0.4 is 16.0 Å². The molecule has 0 aromatic carbocycles. The first-order valence-electron chi connectivity index (χ1n) is 6.37. The third kappa shape index (κ3) is 3.11. The summed E-state index contributed by atoms with van der Waals surface area (Å²) in [7, 11) is -3.64. The van der Waals surface area contributed by atoms with Crippen LogP contribution in [0.4, 0.5) is 5.82 Å². The van der Waals surface area contributed by atoms with E-state index in [9.17, 15) is 8.42 Å². The van der Waals surface area contributed by atoms with Crippen LogP contribution in [-0.2, 0) is 10.0 Å². The first-order valence-corrected chi connectivity index (χ1v) is 8.74. The number of imidazole rings is 1. The van der Waals surface area contributed by atoms with Gasteiger partial charge in [0.2, 0.25) is 5.03 Å². The Kier molecular flexibility index (Phi) is 4.63. The van der Waals surface area contributed by atoms with Crippen LogP contribution in [0.3, 0.4) is 0 Å². The van der Waals surface area contributed by atoms with Gasteiger partial charge in [-0.05, 0) is 18.8 Å². The highest BCUT2D eigenvalue weighted by Crippen LogP contribution is 2.24. The van der Waals surface area contributed by atoms with Crippen LogP contribution in [0.5, 0.6) is 0 Å². The minimum Gasteiger partial charge on any atom is -0.306 e. The van der Waals surface area contributed by atoms with E-state index in [4.69, 9.17) is 5.84 Å². The maximum atomic E-state index is 12.4. The number of thiazole rings is 1. The highest BCUT2D eigenvalue weighted by atomic mass is 32.2. The average molecular weight is 317 g/mol. The van der Waals surface area contributed by atoms with Crippen molar-refractivity contribution in [3.8, 4) is 0 Å². The zero-order chi connectivity index (χ0) is 14.8. The van der Waals surface area contributed by atoms with Crippen molar-refractivity contribution in [2.24, 2.45) is 11.8 Å². The summed E-state index contributed by atoms with van der Waals surface area (Å²) in [5.74, 6) is 6.07. The Bertz CT molecular complexity index is 674. The quantitative estimate of drug-likeness (QED) is 0.407. The summed E-state index contributed by atoms with van der Waals surface area (Å²) in [4.78, 5) is 4.72. The van der Waals surface area contributed by atoms with Crippen molar-refractivity contribution >= 4 is 32.1 Å². The summed E-state index contributed by atoms with van der Waals surface area (Å²) >= 11 is 1.35. The molecule has 0 aliphatic carbocycles. The van der Waals surface area contributed by atoms with Gasteiger partial charge in [0, 0.05) is 18.1 Å². The number of sulfonamides is 1. The molecule has 0 spiro atoms. The third-order valence-corrected chi connectivity index (χ3v) is 5.10. The Morgan fingerprint density at radius 2 is 2.25 bits per heavy atom. The van der Waals surface area contributed by atoms with E-state index < -0.39 is 10.0 Å². The number of fused-ring (bicyclic) bond motifs is 1. The molecule has 0 amide bonds. The Hall–Kier alpha value is -1.16. The van der Waals surface area contributed by atoms with E-state index in [1.165, 1.54) is 15.7 Å². The smallest absolute Gasteiger partial charge is 0.260 e. The van der Waals surface area contributed by atoms with E-state index in [2.05, 4.69) is 29.0 Å². The Morgan fingerprint density at radius 3 is 2.90 bits per heavy atom. The summed E-state index contributed by atoms with van der Waals surface area (Å²) in [5, 5.41) is 1.83. The molecule has 0 saturated heterocycles. The van der Waals surface area contributed by atoms with Gasteiger partial charge in [-0.2, -0.15) is 4.98 Å². The van der Waals surface area contributed by atoms with Crippen LogP contribution in [0, 0.1) is 5.92 Å². The number of nitrogens with two attached hydrogens (primary N) is 1. The molecule has 20 heavy (non-hydrogen) atoms. The molecular formula is C11H19N5O2S2. The molecule has 2 heterocycles. The van der Waals surface area contributed by atoms with E-state index in [0.29, 0.717) is 17.4 Å². The molecule has 9 heteroatoms. The van der Waals surface area contributed by atoms with E-state index in [1.54, 1.807) is 11.6 Å². The second kappa shape index (κ2) is 6.08. The second-order valence-corrected chi connectivity index (χ2v) is 7.45. The minimum absolute atomic E-state index is 0.0563. The summed E-state index contributed by atoms with van der Waals surface area (Å²) in [5.41, 5.74) is 2.34. The standard InChI is InChI=1S/C11H19N5O2S2/c1-8(2)4-3-5-13-20(17,18)10-9(15-12)14-11-16(10)6-7-19-11/h6-8,13,15H,3-5,12H2,1-2H3. The van der Waals surface area contributed by atoms with Gasteiger partial charge in [-0.25, -0.2) is 19.0 Å². The van der Waals surface area contributed by atoms with Crippen LogP contribution in [0.25, 0.3) is 4.96 Å². The molecule has 0 aliphatic rings. The van der Waals surface area contributed by atoms with Gasteiger partial charge in [-0.15, -0.1) is 11.3 Å². The van der Waals surface area contributed by atoms with Gasteiger partial charge in [-0.1, -0.05) is 13.8 Å². The molecule has 2 rings (SSSR count). The molecule has 0 bridgehead atoms. The Morgan fingerprint density at radius 1 is 1.50 bits per heavy atom. The van der Waals surface area contributed by atoms with E-state index >= 15 is 0 Å². The van der Waals surface area contributed by atoms with Crippen molar-refractivity contribution in [3.05, 3.63) is 11.6 Å². The monoisotopic (exact) mass is 317 g/mol. The Labute approximate surface area is 122 Å². The third-order valence-electron chi connectivity index (χ3n) is 2.86. The van der Waals surface area contributed by atoms with Crippen molar-refractivity contribution < 1.29 is 8.42 Å². The highest BCUT2D eigenvalue weighted by Gasteiger charge is 2.25. The molecule has 2 aromatic heterocycles. The van der Waals surface area contributed by atoms with E-state index in [1.807, 2.05) is 0 Å². The van der Waals surface area contributed by atoms with Crippen molar-refractivity contribution in [1.82, 2.24) is 14.1 Å². The van der Waals surface area contributed by atoms with Crippen molar-refractivity contribution in [2.75, 3.05) is 12.0 Å². The number of hydrazine groups is 1. The highest BCUT2D eigenvalue weighted by molar-refractivity contribution is 7.89. The van der Waals surface area contributed by atoms with Gasteiger partial charge in [0.05, 0.1) is 0 Å². The van der Waals surface area contributed by atoms with Crippen molar-refractivity contribution in [2.45, 2.75) is 31.7 Å². The fourth-order valence-electron chi connectivity index (χ4n) is 1.90. The van der Waals surface area contributed by atoms with Crippen LogP contribution in [0.2, 0.25) is 0 Å². The van der Waals surface area contributed by atoms with Crippen molar-refractivity contribution in [1.29, 1.82) is 0 Å². The predicted molar refractivity (Wildman–Crippen MR) is 80.1 cm³/mol. The molecule has 7 nitrogen and oxygen atoms in total. The number of hydrogen-bond donors (Lipinski definition) is 3. The number of hydrogen-bond acceptors (Lipinski definition) is 6. The maximum Gasteiger partial charge on any atom is 0.260 e. The molecule has 112 valence electrons. The second-order valence-electron chi connectivity index (χ2n) is 4.90. The number of aromatic nitrogens is 2. The first kappa shape index (κ1) is 15.2. The SMILES string of the molecule is CC(C)CCCNS(=O)(=O)c1c(NN)nc2sccn12. The van der Waals surface area contributed by atoms with Gasteiger partial charge in [0.25, 0.3) is 10.0 Å². The minimum atomic E-state index is -3.64. The molecule has 2 aromatic rings. The number of nitrogens with one attached hydrogen (secondary N) is 2. The summed E-state index contributed by atoms with van der Waals surface area (Å²) in [6.07, 6.45) is 3.44. The average Bonchev–Trinajstić information content (AvgIpc) is 2.93. The molecule has 0 aliphatic heterocycles. The van der Waals surface area contributed by atoms with Gasteiger partial charge in [0.1, 0.15) is 0 Å². The van der Waals surface area contributed by atoms with E-state index in [-0.39, 0.29) is 10.8 Å². The normalized spacial score (nSPS) is 12.4. The predicted octanol–water partition coefficient (Wildman–Crippen LogP) is 1.40. The van der Waals surface area contributed by atoms with Crippen molar-refractivity contribution in [3.63, 3.8) is 0 Å². The zero-order valence-electron chi connectivity index (χ0n) is 11.5. The molecule has 0 atom stereocenters. The van der Waals surface area contributed by atoms with Gasteiger partial charge >= 0.3 is 0 Å². The van der Waals surface area contributed by atoms with Crippen LogP contribution in [0.15, 0.2) is 16.6 Å². The van der Waals surface area contributed by atoms with Crippen LogP contribution in [0.1, 0.15) is 26.7 Å². The van der Waals surface area contributed by atoms with Crippen LogP contribution in [-0.4, -0.2) is 24.3 Å². The molecule has 0 unspecified atom stereocenters. The molecule has 0 fully saturated rings.